The lowest BCUT2D eigenvalue weighted by Crippen LogP contribution is -2.53. The van der Waals surface area contributed by atoms with Crippen molar-refractivity contribution in [2.75, 3.05) is 42.0 Å². The number of thiophene rings is 1. The van der Waals surface area contributed by atoms with Crippen molar-refractivity contribution in [3.63, 3.8) is 0 Å². The van der Waals surface area contributed by atoms with E-state index in [9.17, 15) is 23.3 Å². The van der Waals surface area contributed by atoms with Crippen LogP contribution in [0, 0.1) is 22.7 Å². The van der Waals surface area contributed by atoms with E-state index in [0.717, 1.165) is 11.3 Å². The minimum absolute atomic E-state index is 0.0243. The van der Waals surface area contributed by atoms with Gasteiger partial charge in [-0.3, -0.25) is 4.79 Å². The lowest BCUT2D eigenvalue weighted by Gasteiger charge is -2.37. The summed E-state index contributed by atoms with van der Waals surface area (Å²) < 4.78 is 40.7. The molecule has 0 spiro atoms. The van der Waals surface area contributed by atoms with Crippen molar-refractivity contribution in [2.45, 2.75) is 17.4 Å². The molecule has 0 aliphatic carbocycles. The second-order valence-electron chi connectivity index (χ2n) is 10.3. The van der Waals surface area contributed by atoms with Gasteiger partial charge in [0.2, 0.25) is 5.60 Å². The summed E-state index contributed by atoms with van der Waals surface area (Å²) in [6.07, 6.45) is 0.625. The molecule has 0 radical (unpaired) electrons. The summed E-state index contributed by atoms with van der Waals surface area (Å²) in [6.45, 7) is 3.15. The number of hydrogen-bond donors (Lipinski definition) is 0. The van der Waals surface area contributed by atoms with Crippen LogP contribution in [0.4, 0.5) is 16.3 Å². The van der Waals surface area contributed by atoms with Gasteiger partial charge in [0.05, 0.1) is 39.9 Å². The van der Waals surface area contributed by atoms with Crippen LogP contribution in [0.2, 0.25) is 0 Å². The third kappa shape index (κ3) is 5.07. The first-order valence-corrected chi connectivity index (χ1v) is 16.6. The number of carbonyl (C=O) groups is 2. The number of aromatic nitrogens is 1. The summed E-state index contributed by atoms with van der Waals surface area (Å²) in [5, 5.41) is 21.9. The molecule has 12 nitrogen and oxygen atoms in total. The van der Waals surface area contributed by atoms with Crippen molar-refractivity contribution < 1.29 is 27.5 Å². The van der Waals surface area contributed by atoms with E-state index in [1.807, 2.05) is 17.0 Å². The first kappa shape index (κ1) is 30.6. The summed E-state index contributed by atoms with van der Waals surface area (Å²) in [6, 6.07) is 19.5. The molecular weight excluding hydrogens is 629 g/mol. The van der Waals surface area contributed by atoms with Crippen LogP contribution in [0.15, 0.2) is 82.5 Å². The van der Waals surface area contributed by atoms with Crippen LogP contribution < -0.4 is 13.9 Å². The molecule has 2 aliphatic heterocycles. The van der Waals surface area contributed by atoms with Crippen molar-refractivity contribution >= 4 is 44.9 Å². The third-order valence-corrected chi connectivity index (χ3v) is 10.3. The average molecular weight is 655 g/mol. The molecule has 232 valence electrons. The molecule has 0 saturated carbocycles. The minimum Gasteiger partial charge on any atom is -0.493 e. The zero-order valence-electron chi connectivity index (χ0n) is 24.5. The summed E-state index contributed by atoms with van der Waals surface area (Å²) >= 11 is 1.15. The number of benzene rings is 2. The van der Waals surface area contributed by atoms with Crippen molar-refractivity contribution in [1.82, 2.24) is 9.88 Å². The number of sulfonamides is 1. The maximum atomic E-state index is 14.8. The van der Waals surface area contributed by atoms with Crippen LogP contribution in [0.25, 0.3) is 0 Å². The highest BCUT2D eigenvalue weighted by molar-refractivity contribution is 7.93. The number of fused-ring (bicyclic) bond motifs is 1. The second-order valence-corrected chi connectivity index (χ2v) is 12.9. The van der Waals surface area contributed by atoms with E-state index >= 15 is 0 Å². The molecular formula is C32H26N6O6S2. The number of nitriles is 2. The Morgan fingerprint density at radius 3 is 2.39 bits per heavy atom. The molecule has 1 saturated heterocycles. The van der Waals surface area contributed by atoms with Gasteiger partial charge < -0.3 is 19.3 Å². The SMILES string of the molecule is CCOc1ccccc1C1(OC(=O)N2CCN(c3ccc(C#N)cn3)CC2)C(=O)N(S(=O)(=O)c2ccsc2)c2ccc(C#N)cc21. The van der Waals surface area contributed by atoms with Gasteiger partial charge in [-0.25, -0.2) is 18.2 Å². The molecule has 1 unspecified atom stereocenters. The highest BCUT2D eigenvalue weighted by atomic mass is 32.2. The Labute approximate surface area is 269 Å². The van der Waals surface area contributed by atoms with Crippen LogP contribution >= 0.6 is 11.3 Å². The van der Waals surface area contributed by atoms with Crippen LogP contribution in [-0.2, 0) is 25.2 Å². The van der Waals surface area contributed by atoms with Crippen molar-refractivity contribution in [3.05, 3.63) is 99.9 Å². The van der Waals surface area contributed by atoms with E-state index in [1.165, 1.54) is 40.7 Å². The fourth-order valence-electron chi connectivity index (χ4n) is 5.58. The number of nitrogens with zero attached hydrogens (tertiary/aromatic N) is 6. The van der Waals surface area contributed by atoms with Gasteiger partial charge in [-0.05, 0) is 54.8 Å². The van der Waals surface area contributed by atoms with Crippen LogP contribution in [0.1, 0.15) is 29.2 Å². The van der Waals surface area contributed by atoms with Gasteiger partial charge >= 0.3 is 6.09 Å². The van der Waals surface area contributed by atoms with Gasteiger partial charge in [-0.2, -0.15) is 26.2 Å². The highest BCUT2D eigenvalue weighted by Gasteiger charge is 2.61. The molecule has 1 fully saturated rings. The lowest BCUT2D eigenvalue weighted by atomic mass is 9.85. The molecule has 4 heterocycles. The number of anilines is 2. The summed E-state index contributed by atoms with van der Waals surface area (Å²) in [5.74, 6) is -0.178. The van der Waals surface area contributed by atoms with Crippen LogP contribution in [-0.4, -0.2) is 63.1 Å². The number of para-hydroxylation sites is 1. The molecule has 4 aromatic rings. The Morgan fingerprint density at radius 1 is 1.00 bits per heavy atom. The van der Waals surface area contributed by atoms with Crippen molar-refractivity contribution in [1.29, 1.82) is 10.5 Å². The number of hydrogen-bond acceptors (Lipinski definition) is 11. The van der Waals surface area contributed by atoms with E-state index < -0.39 is 27.6 Å². The van der Waals surface area contributed by atoms with Gasteiger partial charge in [0.1, 0.15) is 17.6 Å². The zero-order chi connectivity index (χ0) is 32.5. The molecule has 2 aromatic carbocycles. The fraction of sp³-hybridized carbons (Fsp3) is 0.219. The first-order valence-electron chi connectivity index (χ1n) is 14.2. The Bertz CT molecular complexity index is 2000. The maximum Gasteiger partial charge on any atom is 0.411 e. The minimum atomic E-state index is -4.45. The van der Waals surface area contributed by atoms with Gasteiger partial charge in [0, 0.05) is 43.3 Å². The normalized spacial score (nSPS) is 17.6. The second kappa shape index (κ2) is 12.2. The smallest absolute Gasteiger partial charge is 0.411 e. The molecule has 1 atom stereocenters. The molecule has 2 amide bonds. The van der Waals surface area contributed by atoms with Crippen molar-refractivity contribution in [2.24, 2.45) is 0 Å². The molecule has 2 aromatic heterocycles. The number of carbonyl (C=O) groups excluding carboxylic acids is 2. The van der Waals surface area contributed by atoms with E-state index in [4.69, 9.17) is 14.7 Å². The topological polar surface area (TPSA) is 157 Å². The highest BCUT2D eigenvalue weighted by Crippen LogP contribution is 2.52. The summed E-state index contributed by atoms with van der Waals surface area (Å²) in [5.41, 5.74) is -1.63. The first-order chi connectivity index (χ1) is 22.2. The summed E-state index contributed by atoms with van der Waals surface area (Å²) in [4.78, 5) is 36.4. The number of piperazine rings is 1. The fourth-order valence-corrected chi connectivity index (χ4v) is 8.05. The van der Waals surface area contributed by atoms with E-state index in [0.29, 0.717) is 28.8 Å². The quantitative estimate of drug-likeness (QED) is 0.283. The van der Waals surface area contributed by atoms with E-state index in [2.05, 4.69) is 4.98 Å². The van der Waals surface area contributed by atoms with Crippen molar-refractivity contribution in [3.8, 4) is 17.9 Å². The third-order valence-electron chi connectivity index (χ3n) is 7.79. The molecule has 6 rings (SSSR count). The van der Waals surface area contributed by atoms with Crippen LogP contribution in [0.3, 0.4) is 0 Å². The summed E-state index contributed by atoms with van der Waals surface area (Å²) in [7, 11) is -4.45. The average Bonchev–Trinajstić information content (AvgIpc) is 3.72. The van der Waals surface area contributed by atoms with E-state index in [-0.39, 0.29) is 52.7 Å². The Balaban J connectivity index is 1.43. The van der Waals surface area contributed by atoms with Gasteiger partial charge in [-0.15, -0.1) is 0 Å². The molecule has 46 heavy (non-hydrogen) atoms. The zero-order valence-corrected chi connectivity index (χ0v) is 26.1. The monoisotopic (exact) mass is 654 g/mol. The Kier molecular flexibility index (Phi) is 8.08. The lowest BCUT2D eigenvalue weighted by molar-refractivity contribution is -0.132. The Hall–Kier alpha value is -5.44. The van der Waals surface area contributed by atoms with E-state index in [1.54, 1.807) is 48.7 Å². The Morgan fingerprint density at radius 2 is 1.74 bits per heavy atom. The van der Waals surface area contributed by atoms with Gasteiger partial charge in [0.25, 0.3) is 15.9 Å². The van der Waals surface area contributed by atoms with Crippen LogP contribution in [0.5, 0.6) is 5.75 Å². The number of ether oxygens (including phenoxy) is 2. The molecule has 0 N–H and O–H groups in total. The maximum absolute atomic E-state index is 14.8. The van der Waals surface area contributed by atoms with Gasteiger partial charge in [0.15, 0.2) is 0 Å². The standard InChI is InChI=1S/C32H26N6O6S2/c1-2-43-28-6-4-3-5-25(28)32(44-31(40)37-14-12-36(13-15-37)29-10-8-23(19-34)20-35-29)26-17-22(18-33)7-9-27(26)38(30(32)39)46(41,42)24-11-16-45-21-24/h3-11,16-17,20-21H,2,12-15H2,1H3. The number of rotatable bonds is 7. The predicted octanol–water partition coefficient (Wildman–Crippen LogP) is 4.22. The van der Waals surface area contributed by atoms with Gasteiger partial charge in [-0.1, -0.05) is 18.2 Å². The number of pyridine rings is 1. The number of amides is 2. The molecule has 2 aliphatic rings. The largest absolute Gasteiger partial charge is 0.493 e. The molecule has 0 bridgehead atoms. The molecule has 14 heteroatoms. The predicted molar refractivity (Wildman–Crippen MR) is 168 cm³/mol.